The van der Waals surface area contributed by atoms with E-state index in [1.54, 1.807) is 0 Å². The minimum atomic E-state index is 0.152. The first-order valence-corrected chi connectivity index (χ1v) is 10.6. The van der Waals surface area contributed by atoms with Crippen molar-refractivity contribution in [3.63, 3.8) is 0 Å². The highest BCUT2D eigenvalue weighted by Gasteiger charge is 2.17. The molecule has 2 heterocycles. The Morgan fingerprint density at radius 2 is 1.86 bits per heavy atom. The number of aromatic amines is 1. The van der Waals surface area contributed by atoms with Crippen molar-refractivity contribution >= 4 is 28.0 Å². The summed E-state index contributed by atoms with van der Waals surface area (Å²) in [6.07, 6.45) is 5.70. The van der Waals surface area contributed by atoms with Gasteiger partial charge in [0.25, 0.3) is 0 Å². The van der Waals surface area contributed by atoms with Gasteiger partial charge in [0, 0.05) is 23.1 Å². The Bertz CT molecular complexity index is 998. The molecule has 1 aliphatic rings. The molecule has 1 aromatic heterocycles. The number of fused-ring (bicyclic) bond motifs is 1. The Morgan fingerprint density at radius 1 is 1.10 bits per heavy atom. The number of rotatable bonds is 6. The number of hydrogen-bond donors (Lipinski definition) is 3. The van der Waals surface area contributed by atoms with E-state index >= 15 is 0 Å². The second-order valence-corrected chi connectivity index (χ2v) is 7.97. The maximum atomic E-state index is 10.5. The number of anilines is 1. The lowest BCUT2D eigenvalue weighted by Crippen LogP contribution is -2.28. The number of nitrogens with one attached hydrogen (secondary N) is 1. The summed E-state index contributed by atoms with van der Waals surface area (Å²) < 4.78 is 0. The van der Waals surface area contributed by atoms with Crippen molar-refractivity contribution in [2.45, 2.75) is 45.6 Å². The van der Waals surface area contributed by atoms with Gasteiger partial charge in [0.2, 0.25) is 0 Å². The summed E-state index contributed by atoms with van der Waals surface area (Å²) in [5.74, 6) is 0.152. The Balaban J connectivity index is 1.62. The van der Waals surface area contributed by atoms with Gasteiger partial charge in [0.1, 0.15) is 0 Å². The molecule has 1 saturated heterocycles. The standard InChI is InChI=1S/C24H30N4O/c1-2-6-22(23-20-15-18(25)9-12-21(20)27-24(23)29)26-19-10-7-17(8-11-19)16-28-13-4-3-5-14-28/h7-12,15,27,29H,2-6,13-14,16,25H2,1H3. The summed E-state index contributed by atoms with van der Waals surface area (Å²) in [4.78, 5) is 10.5. The molecule has 0 atom stereocenters. The first-order valence-electron chi connectivity index (χ1n) is 10.6. The molecule has 0 saturated carbocycles. The second kappa shape index (κ2) is 8.70. The zero-order valence-corrected chi connectivity index (χ0v) is 17.1. The maximum absolute atomic E-state index is 10.5. The lowest BCUT2D eigenvalue weighted by Gasteiger charge is -2.26. The van der Waals surface area contributed by atoms with Crippen LogP contribution in [0.1, 0.15) is 50.2 Å². The molecular formula is C24H30N4O. The molecule has 0 amide bonds. The highest BCUT2D eigenvalue weighted by molar-refractivity contribution is 6.14. The fourth-order valence-corrected chi connectivity index (χ4v) is 4.17. The molecule has 0 unspecified atom stereocenters. The first-order chi connectivity index (χ1) is 14.1. The number of H-pyrrole nitrogens is 1. The van der Waals surface area contributed by atoms with Gasteiger partial charge in [-0.3, -0.25) is 9.89 Å². The van der Waals surface area contributed by atoms with Gasteiger partial charge in [-0.1, -0.05) is 31.9 Å². The summed E-state index contributed by atoms with van der Waals surface area (Å²) in [7, 11) is 0. The number of benzene rings is 2. The third-order valence-corrected chi connectivity index (χ3v) is 5.63. The van der Waals surface area contributed by atoms with Crippen LogP contribution in [0.5, 0.6) is 5.88 Å². The number of likely N-dealkylation sites (tertiary alicyclic amines) is 1. The SMILES string of the molecule is CCCC(=Nc1ccc(CN2CCCCC2)cc1)c1c(O)[nH]c2ccc(N)cc12. The van der Waals surface area contributed by atoms with Crippen molar-refractivity contribution in [1.82, 2.24) is 9.88 Å². The van der Waals surface area contributed by atoms with Crippen LogP contribution in [-0.2, 0) is 6.54 Å². The molecule has 1 aliphatic heterocycles. The van der Waals surface area contributed by atoms with Crippen LogP contribution < -0.4 is 5.73 Å². The van der Waals surface area contributed by atoms with E-state index in [0.717, 1.165) is 47.3 Å². The van der Waals surface area contributed by atoms with E-state index in [2.05, 4.69) is 41.1 Å². The van der Waals surface area contributed by atoms with Crippen molar-refractivity contribution < 1.29 is 5.11 Å². The predicted molar refractivity (Wildman–Crippen MR) is 121 cm³/mol. The molecule has 5 nitrogen and oxygen atoms in total. The van der Waals surface area contributed by atoms with Crippen molar-refractivity contribution in [2.75, 3.05) is 18.8 Å². The summed E-state index contributed by atoms with van der Waals surface area (Å²) in [6.45, 7) is 5.53. The van der Waals surface area contributed by atoms with Gasteiger partial charge in [0.05, 0.1) is 17.0 Å². The number of piperidine rings is 1. The van der Waals surface area contributed by atoms with Crippen LogP contribution in [0.25, 0.3) is 10.9 Å². The fourth-order valence-electron chi connectivity index (χ4n) is 4.17. The van der Waals surface area contributed by atoms with E-state index in [4.69, 9.17) is 10.7 Å². The largest absolute Gasteiger partial charge is 0.494 e. The van der Waals surface area contributed by atoms with Gasteiger partial charge in [-0.2, -0.15) is 0 Å². The van der Waals surface area contributed by atoms with Crippen LogP contribution in [0.4, 0.5) is 11.4 Å². The predicted octanol–water partition coefficient (Wildman–Crippen LogP) is 5.36. The van der Waals surface area contributed by atoms with E-state index < -0.39 is 0 Å². The first kappa shape index (κ1) is 19.5. The van der Waals surface area contributed by atoms with Gasteiger partial charge >= 0.3 is 0 Å². The van der Waals surface area contributed by atoms with Crippen molar-refractivity contribution in [3.8, 4) is 5.88 Å². The zero-order chi connectivity index (χ0) is 20.2. The van der Waals surface area contributed by atoms with Gasteiger partial charge in [0.15, 0.2) is 5.88 Å². The monoisotopic (exact) mass is 390 g/mol. The van der Waals surface area contributed by atoms with Crippen LogP contribution in [0.3, 0.4) is 0 Å². The van der Waals surface area contributed by atoms with E-state index in [1.165, 1.54) is 37.9 Å². The molecule has 4 rings (SSSR count). The number of nitrogen functional groups attached to an aromatic ring is 1. The van der Waals surface area contributed by atoms with Crippen LogP contribution in [-0.4, -0.2) is 33.8 Å². The molecule has 0 aliphatic carbocycles. The molecule has 2 aromatic carbocycles. The molecule has 0 radical (unpaired) electrons. The normalized spacial score (nSPS) is 15.8. The molecule has 5 heteroatoms. The van der Waals surface area contributed by atoms with Crippen LogP contribution in [0.2, 0.25) is 0 Å². The third kappa shape index (κ3) is 4.46. The molecule has 1 fully saturated rings. The lowest BCUT2D eigenvalue weighted by molar-refractivity contribution is 0.221. The number of aromatic nitrogens is 1. The molecule has 29 heavy (non-hydrogen) atoms. The Morgan fingerprint density at radius 3 is 2.59 bits per heavy atom. The number of aromatic hydroxyl groups is 1. The van der Waals surface area contributed by atoms with Gasteiger partial charge in [-0.15, -0.1) is 0 Å². The summed E-state index contributed by atoms with van der Waals surface area (Å²) in [6, 6.07) is 14.1. The number of hydrogen-bond acceptors (Lipinski definition) is 4. The average Bonchev–Trinajstić information content (AvgIpc) is 3.05. The summed E-state index contributed by atoms with van der Waals surface area (Å²) in [5.41, 5.74) is 11.4. The second-order valence-electron chi connectivity index (χ2n) is 7.97. The minimum Gasteiger partial charge on any atom is -0.494 e. The summed E-state index contributed by atoms with van der Waals surface area (Å²) in [5, 5.41) is 11.5. The smallest absolute Gasteiger partial charge is 0.198 e. The van der Waals surface area contributed by atoms with Crippen molar-refractivity contribution in [3.05, 3.63) is 53.6 Å². The van der Waals surface area contributed by atoms with E-state index in [9.17, 15) is 5.11 Å². The molecule has 4 N–H and O–H groups in total. The molecular weight excluding hydrogens is 360 g/mol. The Hall–Kier alpha value is -2.79. The van der Waals surface area contributed by atoms with E-state index in [-0.39, 0.29) is 5.88 Å². The topological polar surface area (TPSA) is 77.6 Å². The Labute approximate surface area is 172 Å². The number of nitrogens with two attached hydrogens (primary N) is 1. The Kier molecular flexibility index (Phi) is 5.86. The van der Waals surface area contributed by atoms with E-state index in [1.807, 2.05) is 18.2 Å². The van der Waals surface area contributed by atoms with Crippen LogP contribution in [0, 0.1) is 0 Å². The van der Waals surface area contributed by atoms with Gasteiger partial charge in [-0.05, 0) is 68.2 Å². The van der Waals surface area contributed by atoms with Gasteiger partial charge in [-0.25, -0.2) is 0 Å². The molecule has 0 spiro atoms. The van der Waals surface area contributed by atoms with E-state index in [0.29, 0.717) is 5.69 Å². The van der Waals surface area contributed by atoms with Crippen LogP contribution >= 0.6 is 0 Å². The lowest BCUT2D eigenvalue weighted by atomic mass is 10.0. The van der Waals surface area contributed by atoms with Crippen molar-refractivity contribution in [2.24, 2.45) is 4.99 Å². The number of nitrogens with zero attached hydrogens (tertiary/aromatic N) is 2. The highest BCUT2D eigenvalue weighted by Crippen LogP contribution is 2.32. The summed E-state index contributed by atoms with van der Waals surface area (Å²) >= 11 is 0. The minimum absolute atomic E-state index is 0.152. The molecule has 3 aromatic rings. The molecule has 0 bridgehead atoms. The third-order valence-electron chi connectivity index (χ3n) is 5.63. The molecule has 152 valence electrons. The highest BCUT2D eigenvalue weighted by atomic mass is 16.3. The zero-order valence-electron chi connectivity index (χ0n) is 17.1. The van der Waals surface area contributed by atoms with Crippen molar-refractivity contribution in [1.29, 1.82) is 0 Å². The maximum Gasteiger partial charge on any atom is 0.198 e. The fraction of sp³-hybridized carbons (Fsp3) is 0.375. The van der Waals surface area contributed by atoms with Gasteiger partial charge < -0.3 is 15.8 Å². The van der Waals surface area contributed by atoms with Crippen LogP contribution in [0.15, 0.2) is 47.5 Å². The average molecular weight is 391 g/mol. The quantitative estimate of drug-likeness (QED) is 0.391. The number of aliphatic imine (C=N–C) groups is 1.